The van der Waals surface area contributed by atoms with Crippen LogP contribution >= 0.6 is 0 Å². The first-order valence-electron chi connectivity index (χ1n) is 6.01. The maximum atomic E-state index is 5.64. The molecule has 19 heavy (non-hydrogen) atoms. The molecule has 4 nitrogen and oxygen atoms in total. The van der Waals surface area contributed by atoms with Crippen molar-refractivity contribution in [1.29, 1.82) is 0 Å². The molecule has 2 aromatic rings. The summed E-state index contributed by atoms with van der Waals surface area (Å²) in [5.74, 6) is 1.37. The molecular formula is C14H16BNO3. The van der Waals surface area contributed by atoms with Crippen LogP contribution in [0, 0.1) is 0 Å². The highest BCUT2D eigenvalue weighted by atomic mass is 16.8. The van der Waals surface area contributed by atoms with E-state index < -0.39 is 7.32 Å². The molecule has 0 aliphatic carbocycles. The van der Waals surface area contributed by atoms with Gasteiger partial charge in [0, 0.05) is 14.1 Å². The molecule has 2 aromatic carbocycles. The third kappa shape index (κ3) is 4.65. The zero-order chi connectivity index (χ0) is 13.5. The molecule has 0 unspecified atom stereocenters. The SMILES string of the molecule is CN(C)OB(Oc1ccccc1)Oc1ccccc1. The van der Waals surface area contributed by atoms with Crippen molar-refractivity contribution in [1.82, 2.24) is 5.06 Å². The Bertz CT molecular complexity index is 437. The highest BCUT2D eigenvalue weighted by Gasteiger charge is 2.28. The van der Waals surface area contributed by atoms with E-state index in [2.05, 4.69) is 0 Å². The summed E-state index contributed by atoms with van der Waals surface area (Å²) in [5.41, 5.74) is 0. The molecule has 2 rings (SSSR count). The number of rotatable bonds is 6. The van der Waals surface area contributed by atoms with Crippen LogP contribution in [0.3, 0.4) is 0 Å². The maximum absolute atomic E-state index is 5.64. The van der Waals surface area contributed by atoms with Gasteiger partial charge in [-0.15, -0.1) is 0 Å². The standard InChI is InChI=1S/C14H16BNO3/c1-16(2)19-15(17-13-9-5-3-6-10-13)18-14-11-7-4-8-12-14/h3-12H,1-2H3. The molecule has 0 atom stereocenters. The van der Waals surface area contributed by atoms with Crippen LogP contribution in [0.4, 0.5) is 0 Å². The molecule has 0 heterocycles. The number of hydrogen-bond donors (Lipinski definition) is 0. The fourth-order valence-electron chi connectivity index (χ4n) is 1.46. The first-order chi connectivity index (χ1) is 9.24. The largest absolute Gasteiger partial charge is 0.805 e. The molecule has 0 aromatic heterocycles. The maximum Gasteiger partial charge on any atom is 0.805 e. The quantitative estimate of drug-likeness (QED) is 0.588. The van der Waals surface area contributed by atoms with Crippen molar-refractivity contribution in [2.45, 2.75) is 0 Å². The molecule has 0 bridgehead atoms. The molecule has 0 saturated carbocycles. The average Bonchev–Trinajstić information content (AvgIpc) is 2.40. The minimum Gasteiger partial charge on any atom is -0.500 e. The minimum absolute atomic E-state index is 0.685. The summed E-state index contributed by atoms with van der Waals surface area (Å²) in [5, 5.41) is 1.54. The Morgan fingerprint density at radius 3 is 1.53 bits per heavy atom. The van der Waals surface area contributed by atoms with Gasteiger partial charge in [0.1, 0.15) is 11.5 Å². The molecule has 5 heteroatoms. The van der Waals surface area contributed by atoms with Crippen LogP contribution in [0.1, 0.15) is 0 Å². The lowest BCUT2D eigenvalue weighted by Gasteiger charge is -2.18. The van der Waals surface area contributed by atoms with Gasteiger partial charge in [0.25, 0.3) is 0 Å². The third-order valence-corrected chi connectivity index (χ3v) is 2.25. The van der Waals surface area contributed by atoms with E-state index in [1.165, 1.54) is 5.06 Å². The smallest absolute Gasteiger partial charge is 0.500 e. The summed E-state index contributed by atoms with van der Waals surface area (Å²) in [6.07, 6.45) is 0. The summed E-state index contributed by atoms with van der Waals surface area (Å²) in [6, 6.07) is 18.8. The van der Waals surface area contributed by atoms with Gasteiger partial charge in [-0.3, -0.25) is 4.76 Å². The van der Waals surface area contributed by atoms with E-state index >= 15 is 0 Å². The van der Waals surface area contributed by atoms with Crippen LogP contribution in [0.25, 0.3) is 0 Å². The number of nitrogens with zero attached hydrogens (tertiary/aromatic N) is 1. The first-order valence-corrected chi connectivity index (χ1v) is 6.01. The van der Waals surface area contributed by atoms with Crippen molar-refractivity contribution < 1.29 is 14.1 Å². The average molecular weight is 257 g/mol. The zero-order valence-corrected chi connectivity index (χ0v) is 11.0. The van der Waals surface area contributed by atoms with Gasteiger partial charge in [0.15, 0.2) is 0 Å². The number of benzene rings is 2. The Labute approximate surface area is 113 Å². The molecular weight excluding hydrogens is 241 g/mol. The normalized spacial score (nSPS) is 10.3. The lowest BCUT2D eigenvalue weighted by atomic mass is 10.2. The summed E-state index contributed by atoms with van der Waals surface area (Å²) >= 11 is 0. The predicted octanol–water partition coefficient (Wildman–Crippen LogP) is 2.62. The van der Waals surface area contributed by atoms with Crippen molar-refractivity contribution in [2.24, 2.45) is 0 Å². The Balaban J connectivity index is 2.03. The summed E-state index contributed by atoms with van der Waals surface area (Å²) in [6.45, 7) is 0. The van der Waals surface area contributed by atoms with E-state index in [-0.39, 0.29) is 0 Å². The Kier molecular flexibility index (Phi) is 4.83. The van der Waals surface area contributed by atoms with Crippen molar-refractivity contribution in [3.8, 4) is 11.5 Å². The molecule has 98 valence electrons. The number of hydroxylamine groups is 2. The van der Waals surface area contributed by atoms with Crippen LogP contribution in [0.15, 0.2) is 60.7 Å². The van der Waals surface area contributed by atoms with Gasteiger partial charge in [-0.1, -0.05) is 36.4 Å². The highest BCUT2D eigenvalue weighted by molar-refractivity contribution is 6.38. The van der Waals surface area contributed by atoms with Gasteiger partial charge in [0.05, 0.1) is 0 Å². The summed E-state index contributed by atoms with van der Waals surface area (Å²) < 4.78 is 16.7. The molecule has 0 N–H and O–H groups in total. The summed E-state index contributed by atoms with van der Waals surface area (Å²) in [4.78, 5) is 0. The topological polar surface area (TPSA) is 30.9 Å². The lowest BCUT2D eigenvalue weighted by Crippen LogP contribution is -2.38. The van der Waals surface area contributed by atoms with E-state index in [9.17, 15) is 0 Å². The van der Waals surface area contributed by atoms with Crippen molar-refractivity contribution in [3.05, 3.63) is 60.7 Å². The van der Waals surface area contributed by atoms with Crippen LogP contribution in [0.2, 0.25) is 0 Å². The molecule has 0 saturated heterocycles. The van der Waals surface area contributed by atoms with Crippen LogP contribution in [0.5, 0.6) is 11.5 Å². The predicted molar refractivity (Wildman–Crippen MR) is 74.7 cm³/mol. The molecule has 0 aliphatic heterocycles. The molecule has 0 amide bonds. The molecule has 0 fully saturated rings. The second-order valence-corrected chi connectivity index (χ2v) is 4.07. The van der Waals surface area contributed by atoms with E-state index in [4.69, 9.17) is 14.1 Å². The fraction of sp³-hybridized carbons (Fsp3) is 0.143. The van der Waals surface area contributed by atoms with Gasteiger partial charge in [0.2, 0.25) is 0 Å². The second-order valence-electron chi connectivity index (χ2n) is 4.07. The van der Waals surface area contributed by atoms with E-state index in [1.807, 2.05) is 60.7 Å². The Morgan fingerprint density at radius 2 is 1.16 bits per heavy atom. The second kappa shape index (κ2) is 6.82. The first kappa shape index (κ1) is 13.5. The molecule has 0 radical (unpaired) electrons. The van der Waals surface area contributed by atoms with Crippen molar-refractivity contribution in [2.75, 3.05) is 14.1 Å². The van der Waals surface area contributed by atoms with Gasteiger partial charge < -0.3 is 9.31 Å². The molecule has 0 aliphatic rings. The van der Waals surface area contributed by atoms with Gasteiger partial charge >= 0.3 is 7.32 Å². The van der Waals surface area contributed by atoms with Crippen molar-refractivity contribution >= 4 is 7.32 Å². The van der Waals surface area contributed by atoms with Gasteiger partial charge in [-0.25, -0.2) is 5.06 Å². The third-order valence-electron chi connectivity index (χ3n) is 2.25. The van der Waals surface area contributed by atoms with E-state index in [1.54, 1.807) is 14.1 Å². The Hall–Kier alpha value is -1.98. The van der Waals surface area contributed by atoms with Crippen LogP contribution < -0.4 is 9.31 Å². The lowest BCUT2D eigenvalue weighted by molar-refractivity contribution is -0.0428. The van der Waals surface area contributed by atoms with E-state index in [0.717, 1.165) is 0 Å². The highest BCUT2D eigenvalue weighted by Crippen LogP contribution is 2.14. The number of para-hydroxylation sites is 2. The zero-order valence-electron chi connectivity index (χ0n) is 11.0. The monoisotopic (exact) mass is 257 g/mol. The fourth-order valence-corrected chi connectivity index (χ4v) is 1.46. The van der Waals surface area contributed by atoms with Crippen molar-refractivity contribution in [3.63, 3.8) is 0 Å². The van der Waals surface area contributed by atoms with Gasteiger partial charge in [-0.05, 0) is 24.3 Å². The summed E-state index contributed by atoms with van der Waals surface area (Å²) in [7, 11) is 2.71. The van der Waals surface area contributed by atoms with Crippen LogP contribution in [-0.4, -0.2) is 26.5 Å². The molecule has 0 spiro atoms. The number of hydrogen-bond acceptors (Lipinski definition) is 4. The Morgan fingerprint density at radius 1 is 0.737 bits per heavy atom. The minimum atomic E-state index is -0.834. The van der Waals surface area contributed by atoms with Gasteiger partial charge in [-0.2, -0.15) is 0 Å². The van der Waals surface area contributed by atoms with E-state index in [0.29, 0.717) is 11.5 Å². The van der Waals surface area contributed by atoms with Crippen LogP contribution in [-0.2, 0) is 4.76 Å².